The molecule has 8 atom stereocenters. The van der Waals surface area contributed by atoms with Crippen molar-refractivity contribution in [1.82, 2.24) is 5.32 Å². The predicted octanol–water partition coefficient (Wildman–Crippen LogP) is 6.67. The highest BCUT2D eigenvalue weighted by molar-refractivity contribution is 5.10. The molecule has 150 valence electrons. The summed E-state index contributed by atoms with van der Waals surface area (Å²) in [4.78, 5) is 0. The molecular formula is C25H45N. The Morgan fingerprint density at radius 1 is 0.885 bits per heavy atom. The van der Waals surface area contributed by atoms with Gasteiger partial charge in [0.25, 0.3) is 0 Å². The van der Waals surface area contributed by atoms with Gasteiger partial charge in [0.2, 0.25) is 0 Å². The minimum absolute atomic E-state index is 0.672. The Hall–Kier alpha value is -0.0400. The minimum atomic E-state index is 0.672. The summed E-state index contributed by atoms with van der Waals surface area (Å²) in [6.07, 6.45) is 18.2. The van der Waals surface area contributed by atoms with Gasteiger partial charge in [-0.25, -0.2) is 0 Å². The maximum absolute atomic E-state index is 3.37. The topological polar surface area (TPSA) is 12.0 Å². The Balaban J connectivity index is 1.56. The Morgan fingerprint density at radius 2 is 1.69 bits per heavy atom. The zero-order chi connectivity index (χ0) is 18.4. The molecule has 26 heavy (non-hydrogen) atoms. The summed E-state index contributed by atoms with van der Waals surface area (Å²) >= 11 is 0. The van der Waals surface area contributed by atoms with Crippen molar-refractivity contribution in [2.24, 2.45) is 46.3 Å². The average molecular weight is 360 g/mol. The second-order valence-corrected chi connectivity index (χ2v) is 11.2. The first-order valence-corrected chi connectivity index (χ1v) is 12.2. The lowest BCUT2D eigenvalue weighted by Gasteiger charge is -2.62. The van der Waals surface area contributed by atoms with Crippen LogP contribution in [0.5, 0.6) is 0 Å². The molecule has 0 amide bonds. The summed E-state index contributed by atoms with van der Waals surface area (Å²) in [5.41, 5.74) is 1.36. The van der Waals surface area contributed by atoms with Gasteiger partial charge in [-0.2, -0.15) is 0 Å². The van der Waals surface area contributed by atoms with Crippen LogP contribution in [0.4, 0.5) is 0 Å². The Bertz CT molecular complexity index is 487. The van der Waals surface area contributed by atoms with Gasteiger partial charge < -0.3 is 5.32 Å². The third-order valence-electron chi connectivity index (χ3n) is 10.5. The van der Waals surface area contributed by atoms with Gasteiger partial charge in [0.05, 0.1) is 0 Å². The lowest BCUT2D eigenvalue weighted by atomic mass is 9.42. The number of fused-ring (bicyclic) bond motifs is 5. The molecule has 0 aliphatic heterocycles. The Morgan fingerprint density at radius 3 is 2.46 bits per heavy atom. The highest BCUT2D eigenvalue weighted by atomic mass is 14.8. The van der Waals surface area contributed by atoms with Crippen LogP contribution >= 0.6 is 0 Å². The van der Waals surface area contributed by atoms with Gasteiger partial charge >= 0.3 is 0 Å². The fourth-order valence-electron chi connectivity index (χ4n) is 9.13. The van der Waals surface area contributed by atoms with Crippen molar-refractivity contribution in [3.63, 3.8) is 0 Å². The van der Waals surface area contributed by atoms with Crippen LogP contribution in [0.15, 0.2) is 0 Å². The second-order valence-electron chi connectivity index (χ2n) is 11.2. The highest BCUT2D eigenvalue weighted by Gasteiger charge is 2.60. The summed E-state index contributed by atoms with van der Waals surface area (Å²) < 4.78 is 0. The lowest BCUT2D eigenvalue weighted by Crippen LogP contribution is -2.55. The third kappa shape index (κ3) is 2.90. The van der Waals surface area contributed by atoms with Gasteiger partial charge in [-0.1, -0.05) is 40.0 Å². The van der Waals surface area contributed by atoms with E-state index in [-0.39, 0.29) is 0 Å². The minimum Gasteiger partial charge on any atom is -0.320 e. The van der Waals surface area contributed by atoms with Crippen LogP contribution in [0.2, 0.25) is 0 Å². The SMILES string of the molecule is CC[C@H]1CC2C3CCC(CCCNC)C3(C)CC[C@@H]2C2(C)CCCCC12. The molecule has 1 heteroatoms. The van der Waals surface area contributed by atoms with E-state index in [1.165, 1.54) is 45.1 Å². The molecular weight excluding hydrogens is 314 g/mol. The number of rotatable bonds is 5. The van der Waals surface area contributed by atoms with Crippen LogP contribution in [-0.2, 0) is 0 Å². The second kappa shape index (κ2) is 7.41. The van der Waals surface area contributed by atoms with E-state index in [9.17, 15) is 0 Å². The molecule has 0 aromatic heterocycles. The van der Waals surface area contributed by atoms with Crippen molar-refractivity contribution < 1.29 is 0 Å². The van der Waals surface area contributed by atoms with Crippen LogP contribution in [0.3, 0.4) is 0 Å². The van der Waals surface area contributed by atoms with Crippen molar-refractivity contribution in [1.29, 1.82) is 0 Å². The fourth-order valence-corrected chi connectivity index (χ4v) is 9.13. The predicted molar refractivity (Wildman–Crippen MR) is 112 cm³/mol. The van der Waals surface area contributed by atoms with Gasteiger partial charge in [0.1, 0.15) is 0 Å². The first kappa shape index (κ1) is 19.3. The summed E-state index contributed by atoms with van der Waals surface area (Å²) in [5, 5.41) is 3.37. The van der Waals surface area contributed by atoms with E-state index in [1.807, 2.05) is 0 Å². The van der Waals surface area contributed by atoms with Gasteiger partial charge in [0, 0.05) is 0 Å². The van der Waals surface area contributed by atoms with E-state index in [1.54, 1.807) is 38.5 Å². The van der Waals surface area contributed by atoms with E-state index >= 15 is 0 Å². The smallest absolute Gasteiger partial charge is 0.00518 e. The molecule has 0 radical (unpaired) electrons. The molecule has 4 saturated carbocycles. The van der Waals surface area contributed by atoms with Crippen molar-refractivity contribution in [3.8, 4) is 0 Å². The van der Waals surface area contributed by atoms with Crippen LogP contribution in [-0.4, -0.2) is 13.6 Å². The molecule has 0 spiro atoms. The first-order valence-electron chi connectivity index (χ1n) is 12.2. The average Bonchev–Trinajstić information content (AvgIpc) is 2.97. The lowest BCUT2D eigenvalue weighted by molar-refractivity contribution is -0.135. The molecule has 6 unspecified atom stereocenters. The van der Waals surface area contributed by atoms with Gasteiger partial charge in [-0.15, -0.1) is 0 Å². The van der Waals surface area contributed by atoms with E-state index in [0.717, 1.165) is 35.5 Å². The fraction of sp³-hybridized carbons (Fsp3) is 1.00. The molecule has 4 aliphatic rings. The van der Waals surface area contributed by atoms with Gasteiger partial charge in [0.15, 0.2) is 0 Å². The summed E-state index contributed by atoms with van der Waals surface area (Å²) in [6.45, 7) is 9.18. The molecule has 0 aromatic rings. The van der Waals surface area contributed by atoms with E-state index in [0.29, 0.717) is 10.8 Å². The van der Waals surface area contributed by atoms with E-state index in [2.05, 4.69) is 33.1 Å². The first-order chi connectivity index (χ1) is 12.5. The molecule has 1 N–H and O–H groups in total. The molecule has 4 aliphatic carbocycles. The Labute approximate surface area is 163 Å². The monoisotopic (exact) mass is 359 g/mol. The molecule has 4 rings (SSSR count). The van der Waals surface area contributed by atoms with Crippen LogP contribution < -0.4 is 5.32 Å². The Kier molecular flexibility index (Phi) is 5.50. The molecule has 4 fully saturated rings. The standard InChI is InChI=1S/C25H45N/c1-5-18-17-20-22-12-11-19(9-8-16-26-4)24(22,2)15-13-23(20)25(3)14-7-6-10-21(18)25/h18-23,26H,5-17H2,1-4H3/t18-,19?,20?,21?,22?,23-,24?,25?/m0/s1. The summed E-state index contributed by atoms with van der Waals surface area (Å²) in [7, 11) is 2.11. The number of hydrogen-bond acceptors (Lipinski definition) is 1. The van der Waals surface area contributed by atoms with E-state index in [4.69, 9.17) is 0 Å². The maximum atomic E-state index is 3.37. The summed E-state index contributed by atoms with van der Waals surface area (Å²) in [6, 6.07) is 0. The number of hydrogen-bond donors (Lipinski definition) is 1. The zero-order valence-electron chi connectivity index (χ0n) is 18.2. The third-order valence-corrected chi connectivity index (χ3v) is 10.5. The molecule has 0 aromatic carbocycles. The van der Waals surface area contributed by atoms with Crippen LogP contribution in [0, 0.1) is 46.3 Å². The van der Waals surface area contributed by atoms with Gasteiger partial charge in [-0.05, 0) is 118 Å². The zero-order valence-corrected chi connectivity index (χ0v) is 18.2. The van der Waals surface area contributed by atoms with E-state index < -0.39 is 0 Å². The largest absolute Gasteiger partial charge is 0.320 e. The molecule has 1 nitrogen and oxygen atoms in total. The van der Waals surface area contributed by atoms with Crippen molar-refractivity contribution in [2.75, 3.05) is 13.6 Å². The molecule has 0 saturated heterocycles. The van der Waals surface area contributed by atoms with Crippen LogP contribution in [0.1, 0.15) is 97.8 Å². The normalized spacial score (nSPS) is 50.8. The number of nitrogens with one attached hydrogen (secondary N) is 1. The maximum Gasteiger partial charge on any atom is -0.00518 e. The summed E-state index contributed by atoms with van der Waals surface area (Å²) in [5.74, 6) is 6.28. The van der Waals surface area contributed by atoms with Crippen LogP contribution in [0.25, 0.3) is 0 Å². The quantitative estimate of drug-likeness (QED) is 0.540. The molecule has 0 bridgehead atoms. The van der Waals surface area contributed by atoms with Crippen molar-refractivity contribution in [3.05, 3.63) is 0 Å². The van der Waals surface area contributed by atoms with Crippen molar-refractivity contribution in [2.45, 2.75) is 97.8 Å². The van der Waals surface area contributed by atoms with Gasteiger partial charge in [-0.3, -0.25) is 0 Å². The van der Waals surface area contributed by atoms with Crippen molar-refractivity contribution >= 4 is 0 Å². The molecule has 0 heterocycles. The highest BCUT2D eigenvalue weighted by Crippen LogP contribution is 2.69.